The van der Waals surface area contributed by atoms with E-state index in [1.165, 1.54) is 5.56 Å². The van der Waals surface area contributed by atoms with Crippen LogP contribution < -0.4 is 5.32 Å². The fraction of sp³-hybridized carbons (Fsp3) is 0.462. The summed E-state index contributed by atoms with van der Waals surface area (Å²) >= 11 is 0. The predicted octanol–water partition coefficient (Wildman–Crippen LogP) is 1.86. The van der Waals surface area contributed by atoms with Crippen LogP contribution >= 0.6 is 0 Å². The number of rotatable bonds is 4. The van der Waals surface area contributed by atoms with Gasteiger partial charge in [0, 0.05) is 13.0 Å². The third-order valence-electron chi connectivity index (χ3n) is 2.60. The van der Waals surface area contributed by atoms with Gasteiger partial charge in [-0.25, -0.2) is 0 Å². The molecule has 0 aromatic heterocycles. The number of aryl methyl sites for hydroxylation is 2. The van der Waals surface area contributed by atoms with Crippen molar-refractivity contribution in [3.63, 3.8) is 0 Å². The topological polar surface area (TPSA) is 49.3 Å². The molecule has 1 amide bonds. The molecule has 0 heterocycles. The maximum atomic E-state index is 11.1. The van der Waals surface area contributed by atoms with E-state index in [1.807, 2.05) is 32.0 Å². The van der Waals surface area contributed by atoms with Crippen LogP contribution in [0.1, 0.15) is 36.1 Å². The van der Waals surface area contributed by atoms with Crippen LogP contribution in [-0.4, -0.2) is 17.6 Å². The van der Waals surface area contributed by atoms with Crippen LogP contribution in [0.4, 0.5) is 0 Å². The van der Waals surface area contributed by atoms with E-state index in [-0.39, 0.29) is 12.5 Å². The van der Waals surface area contributed by atoms with Crippen molar-refractivity contribution in [3.05, 3.63) is 34.9 Å². The maximum absolute atomic E-state index is 11.1. The second kappa shape index (κ2) is 5.66. The minimum absolute atomic E-state index is 0.0381. The molecule has 0 spiro atoms. The fourth-order valence-electron chi connectivity index (χ4n) is 1.64. The van der Waals surface area contributed by atoms with Gasteiger partial charge in [0.1, 0.15) is 0 Å². The van der Waals surface area contributed by atoms with E-state index in [0.717, 1.165) is 11.1 Å². The number of hydrogen-bond acceptors (Lipinski definition) is 2. The Morgan fingerprint density at radius 3 is 2.69 bits per heavy atom. The molecular formula is C13H19NO2. The standard InChI is InChI=1S/C13H19NO2/c1-4-13(16)14-8-12(15)11-6-5-9(2)7-10(11)3/h5-7,12,15H,4,8H2,1-3H3,(H,14,16). The normalized spacial score (nSPS) is 12.2. The van der Waals surface area contributed by atoms with Crippen LogP contribution in [-0.2, 0) is 4.79 Å². The highest BCUT2D eigenvalue weighted by Gasteiger charge is 2.10. The molecule has 1 aromatic carbocycles. The minimum atomic E-state index is -0.629. The Balaban J connectivity index is 2.65. The highest BCUT2D eigenvalue weighted by Crippen LogP contribution is 2.18. The van der Waals surface area contributed by atoms with Crippen molar-refractivity contribution < 1.29 is 9.90 Å². The van der Waals surface area contributed by atoms with Crippen molar-refractivity contribution in [2.45, 2.75) is 33.3 Å². The Morgan fingerprint density at radius 2 is 2.12 bits per heavy atom. The predicted molar refractivity (Wildman–Crippen MR) is 64.2 cm³/mol. The summed E-state index contributed by atoms with van der Waals surface area (Å²) < 4.78 is 0. The Kier molecular flexibility index (Phi) is 4.50. The van der Waals surface area contributed by atoms with Gasteiger partial charge in [-0.3, -0.25) is 4.79 Å². The van der Waals surface area contributed by atoms with Crippen molar-refractivity contribution in [2.24, 2.45) is 0 Å². The van der Waals surface area contributed by atoms with Gasteiger partial charge in [-0.1, -0.05) is 30.7 Å². The van der Waals surface area contributed by atoms with Crippen molar-refractivity contribution in [2.75, 3.05) is 6.54 Å². The van der Waals surface area contributed by atoms with Gasteiger partial charge in [0.2, 0.25) is 5.91 Å². The smallest absolute Gasteiger partial charge is 0.219 e. The lowest BCUT2D eigenvalue weighted by atomic mass is 10.0. The lowest BCUT2D eigenvalue weighted by Gasteiger charge is -2.14. The summed E-state index contributed by atoms with van der Waals surface area (Å²) in [6.07, 6.45) is -0.185. The second-order valence-corrected chi connectivity index (χ2v) is 4.03. The summed E-state index contributed by atoms with van der Waals surface area (Å²) in [6.45, 7) is 6.05. The van der Waals surface area contributed by atoms with Crippen LogP contribution in [0.15, 0.2) is 18.2 Å². The summed E-state index contributed by atoms with van der Waals surface area (Å²) in [6, 6.07) is 5.90. The molecule has 3 nitrogen and oxygen atoms in total. The number of nitrogens with one attached hydrogen (secondary N) is 1. The first-order chi connectivity index (χ1) is 7.54. The van der Waals surface area contributed by atoms with Crippen LogP contribution in [0.5, 0.6) is 0 Å². The molecule has 1 unspecified atom stereocenters. The zero-order chi connectivity index (χ0) is 12.1. The molecule has 88 valence electrons. The summed E-state index contributed by atoms with van der Waals surface area (Å²) in [4.78, 5) is 11.1. The van der Waals surface area contributed by atoms with E-state index in [0.29, 0.717) is 6.42 Å². The summed E-state index contributed by atoms with van der Waals surface area (Å²) in [5.74, 6) is -0.0381. The molecule has 0 saturated carbocycles. The zero-order valence-corrected chi connectivity index (χ0v) is 10.1. The van der Waals surface area contributed by atoms with Gasteiger partial charge in [0.25, 0.3) is 0 Å². The molecule has 0 fully saturated rings. The number of amides is 1. The largest absolute Gasteiger partial charge is 0.387 e. The SMILES string of the molecule is CCC(=O)NCC(O)c1ccc(C)cc1C. The number of aliphatic hydroxyl groups is 1. The molecule has 0 aliphatic heterocycles. The monoisotopic (exact) mass is 221 g/mol. The van der Waals surface area contributed by atoms with E-state index >= 15 is 0 Å². The molecule has 16 heavy (non-hydrogen) atoms. The number of carbonyl (C=O) groups excluding carboxylic acids is 1. The Bertz CT molecular complexity index is 374. The van der Waals surface area contributed by atoms with Gasteiger partial charge in [-0.05, 0) is 25.0 Å². The molecule has 1 rings (SSSR count). The average Bonchev–Trinajstić information content (AvgIpc) is 2.25. The molecule has 1 atom stereocenters. The molecule has 0 radical (unpaired) electrons. The third-order valence-corrected chi connectivity index (χ3v) is 2.60. The van der Waals surface area contributed by atoms with Crippen molar-refractivity contribution in [1.29, 1.82) is 0 Å². The van der Waals surface area contributed by atoms with Crippen molar-refractivity contribution in [1.82, 2.24) is 5.32 Å². The second-order valence-electron chi connectivity index (χ2n) is 4.03. The van der Waals surface area contributed by atoms with Gasteiger partial charge in [-0.15, -0.1) is 0 Å². The Labute approximate surface area is 96.5 Å². The van der Waals surface area contributed by atoms with Gasteiger partial charge in [-0.2, -0.15) is 0 Å². The lowest BCUT2D eigenvalue weighted by Crippen LogP contribution is -2.27. The molecule has 0 bridgehead atoms. The van der Waals surface area contributed by atoms with Gasteiger partial charge >= 0.3 is 0 Å². The Hall–Kier alpha value is -1.35. The van der Waals surface area contributed by atoms with Gasteiger partial charge in [0.05, 0.1) is 6.10 Å². The highest BCUT2D eigenvalue weighted by molar-refractivity contribution is 5.75. The van der Waals surface area contributed by atoms with Crippen LogP contribution in [0.2, 0.25) is 0 Å². The average molecular weight is 221 g/mol. The van der Waals surface area contributed by atoms with Crippen LogP contribution in [0.25, 0.3) is 0 Å². The van der Waals surface area contributed by atoms with Crippen molar-refractivity contribution >= 4 is 5.91 Å². The van der Waals surface area contributed by atoms with E-state index in [1.54, 1.807) is 6.92 Å². The Morgan fingerprint density at radius 1 is 1.44 bits per heavy atom. The summed E-state index contributed by atoms with van der Waals surface area (Å²) in [5, 5.41) is 12.6. The van der Waals surface area contributed by atoms with Gasteiger partial charge < -0.3 is 10.4 Å². The summed E-state index contributed by atoms with van der Waals surface area (Å²) in [7, 11) is 0. The first-order valence-electron chi connectivity index (χ1n) is 5.56. The van der Waals surface area contributed by atoms with E-state index < -0.39 is 6.10 Å². The van der Waals surface area contributed by atoms with Crippen LogP contribution in [0.3, 0.4) is 0 Å². The van der Waals surface area contributed by atoms with Crippen LogP contribution in [0, 0.1) is 13.8 Å². The minimum Gasteiger partial charge on any atom is -0.387 e. The van der Waals surface area contributed by atoms with E-state index in [2.05, 4.69) is 5.32 Å². The summed E-state index contributed by atoms with van der Waals surface area (Å²) in [5.41, 5.74) is 3.10. The number of carbonyl (C=O) groups is 1. The molecule has 3 heteroatoms. The number of aliphatic hydroxyl groups excluding tert-OH is 1. The highest BCUT2D eigenvalue weighted by atomic mass is 16.3. The fourth-order valence-corrected chi connectivity index (χ4v) is 1.64. The van der Waals surface area contributed by atoms with Gasteiger partial charge in [0.15, 0.2) is 0 Å². The van der Waals surface area contributed by atoms with E-state index in [9.17, 15) is 9.90 Å². The molecule has 0 aliphatic carbocycles. The van der Waals surface area contributed by atoms with E-state index in [4.69, 9.17) is 0 Å². The zero-order valence-electron chi connectivity index (χ0n) is 10.1. The molecular weight excluding hydrogens is 202 g/mol. The molecule has 2 N–H and O–H groups in total. The first-order valence-corrected chi connectivity index (χ1v) is 5.56. The molecule has 1 aromatic rings. The molecule has 0 saturated heterocycles. The first kappa shape index (κ1) is 12.7. The quantitative estimate of drug-likeness (QED) is 0.815. The molecule has 0 aliphatic rings. The van der Waals surface area contributed by atoms with Crippen molar-refractivity contribution in [3.8, 4) is 0 Å². The number of hydrogen-bond donors (Lipinski definition) is 2. The third kappa shape index (κ3) is 3.35. The maximum Gasteiger partial charge on any atom is 0.219 e. The number of benzene rings is 1. The lowest BCUT2D eigenvalue weighted by molar-refractivity contribution is -0.121.